The van der Waals surface area contributed by atoms with Crippen molar-refractivity contribution in [2.24, 2.45) is 0 Å². The third kappa shape index (κ3) is 4.36. The summed E-state index contributed by atoms with van der Waals surface area (Å²) in [6.07, 6.45) is 4.62. The van der Waals surface area contributed by atoms with E-state index < -0.39 is 11.9 Å². The highest BCUT2D eigenvalue weighted by Gasteiger charge is 2.33. The summed E-state index contributed by atoms with van der Waals surface area (Å²) >= 11 is 0. The van der Waals surface area contributed by atoms with Crippen molar-refractivity contribution in [2.45, 2.75) is 63.8 Å². The van der Waals surface area contributed by atoms with Gasteiger partial charge < -0.3 is 4.74 Å². The number of alkyl halides is 3. The van der Waals surface area contributed by atoms with Gasteiger partial charge >= 0.3 is 6.18 Å². The topological polar surface area (TPSA) is 65.7 Å². The van der Waals surface area contributed by atoms with Crippen molar-refractivity contribution >= 4 is 11.0 Å². The van der Waals surface area contributed by atoms with Gasteiger partial charge in [-0.2, -0.15) is 18.3 Å². The number of halogens is 3. The van der Waals surface area contributed by atoms with E-state index in [4.69, 9.17) is 14.7 Å². The van der Waals surface area contributed by atoms with Gasteiger partial charge in [0.05, 0.1) is 18.3 Å². The van der Waals surface area contributed by atoms with E-state index in [9.17, 15) is 13.2 Å². The smallest absolute Gasteiger partial charge is 0.373 e. The number of nitrogens with zero attached hydrogens (tertiary/aromatic N) is 5. The molecule has 6 rings (SSSR count). The third-order valence-electron chi connectivity index (χ3n) is 7.24. The molecule has 5 heterocycles. The Morgan fingerprint density at radius 2 is 1.86 bits per heavy atom. The second-order valence-electron chi connectivity index (χ2n) is 9.85. The Morgan fingerprint density at radius 3 is 2.58 bits per heavy atom. The second-order valence-corrected chi connectivity index (χ2v) is 9.85. The minimum absolute atomic E-state index is 0.0716. The Balaban J connectivity index is 1.38. The molecule has 0 bridgehead atoms. The zero-order valence-corrected chi connectivity index (χ0v) is 20.1. The van der Waals surface area contributed by atoms with Crippen molar-refractivity contribution in [1.29, 1.82) is 0 Å². The van der Waals surface area contributed by atoms with Crippen LogP contribution in [0.1, 0.15) is 72.0 Å². The maximum atomic E-state index is 13.1. The van der Waals surface area contributed by atoms with Gasteiger partial charge in [-0.15, -0.1) is 0 Å². The van der Waals surface area contributed by atoms with Gasteiger partial charge in [0.15, 0.2) is 5.65 Å². The lowest BCUT2D eigenvalue weighted by Crippen LogP contribution is -2.19. The minimum atomic E-state index is -4.48. The van der Waals surface area contributed by atoms with Crippen molar-refractivity contribution in [3.8, 4) is 11.1 Å². The van der Waals surface area contributed by atoms with Crippen molar-refractivity contribution < 1.29 is 17.9 Å². The third-order valence-corrected chi connectivity index (χ3v) is 7.24. The number of aryl methyl sites for hydroxylation is 2. The summed E-state index contributed by atoms with van der Waals surface area (Å²) in [4.78, 5) is 13.3. The van der Waals surface area contributed by atoms with Crippen LogP contribution in [0.15, 0.2) is 42.9 Å². The fraction of sp³-hybridized carbons (Fsp3) is 0.407. The molecule has 6 nitrogen and oxygen atoms in total. The number of ether oxygens (including phenoxy) is 1. The summed E-state index contributed by atoms with van der Waals surface area (Å²) in [5.41, 5.74) is 4.90. The Morgan fingerprint density at radius 1 is 1.03 bits per heavy atom. The largest absolute Gasteiger partial charge is 0.433 e. The quantitative estimate of drug-likeness (QED) is 0.325. The molecule has 0 N–H and O–H groups in total. The predicted octanol–water partition coefficient (Wildman–Crippen LogP) is 6.49. The maximum absolute atomic E-state index is 13.1. The van der Waals surface area contributed by atoms with Crippen molar-refractivity contribution in [3.05, 3.63) is 71.1 Å². The van der Waals surface area contributed by atoms with E-state index in [1.807, 2.05) is 36.9 Å². The second kappa shape index (κ2) is 8.65. The lowest BCUT2D eigenvalue weighted by molar-refractivity contribution is -0.141. The van der Waals surface area contributed by atoms with Gasteiger partial charge in [0, 0.05) is 52.8 Å². The van der Waals surface area contributed by atoms with Gasteiger partial charge in [0.1, 0.15) is 5.69 Å². The molecular weight excluding hydrogens is 467 g/mol. The van der Waals surface area contributed by atoms with Crippen molar-refractivity contribution in [2.75, 3.05) is 6.61 Å². The van der Waals surface area contributed by atoms with E-state index >= 15 is 0 Å². The average molecular weight is 494 g/mol. The highest BCUT2D eigenvalue weighted by atomic mass is 19.4. The average Bonchev–Trinajstić information content (AvgIpc) is 3.60. The summed E-state index contributed by atoms with van der Waals surface area (Å²) < 4.78 is 47.4. The molecule has 0 spiro atoms. The van der Waals surface area contributed by atoms with E-state index in [2.05, 4.69) is 16.3 Å². The number of aromatic nitrogens is 5. The Kier molecular flexibility index (Phi) is 5.55. The molecule has 1 saturated carbocycles. The first-order valence-corrected chi connectivity index (χ1v) is 12.2. The number of pyridine rings is 3. The van der Waals surface area contributed by atoms with Gasteiger partial charge in [-0.3, -0.25) is 9.67 Å². The fourth-order valence-corrected chi connectivity index (χ4v) is 4.88. The fourth-order valence-electron chi connectivity index (χ4n) is 4.88. The molecule has 9 heteroatoms. The van der Waals surface area contributed by atoms with Crippen LogP contribution < -0.4 is 0 Å². The number of rotatable bonds is 4. The molecule has 0 radical (unpaired) electrons. The molecule has 2 aliphatic rings. The Bertz CT molecular complexity index is 1430. The normalized spacial score (nSPS) is 20.7. The molecule has 2 unspecified atom stereocenters. The van der Waals surface area contributed by atoms with Crippen LogP contribution in [-0.4, -0.2) is 31.3 Å². The van der Waals surface area contributed by atoms with Gasteiger partial charge in [-0.1, -0.05) is 6.07 Å². The van der Waals surface area contributed by atoms with E-state index in [1.54, 1.807) is 0 Å². The van der Waals surface area contributed by atoms with E-state index in [0.717, 1.165) is 52.4 Å². The minimum Gasteiger partial charge on any atom is -0.373 e. The molecule has 2 fully saturated rings. The SMILES string of the molecule is Cc1cc2c(-c3ccc(C(F)(F)F)nc3)cc(C3CCOC(c4cnn(C5CC5)c4)C3)nc2nc1C. The van der Waals surface area contributed by atoms with Crippen LogP contribution in [0.3, 0.4) is 0 Å². The monoisotopic (exact) mass is 493 g/mol. The highest BCUT2D eigenvalue weighted by molar-refractivity contribution is 5.93. The first-order chi connectivity index (χ1) is 17.3. The number of hydrogen-bond donors (Lipinski definition) is 0. The van der Waals surface area contributed by atoms with Crippen LogP contribution in [0, 0.1) is 13.8 Å². The molecule has 4 aromatic heterocycles. The van der Waals surface area contributed by atoms with E-state index in [-0.39, 0.29) is 12.0 Å². The Hall–Kier alpha value is -3.33. The summed E-state index contributed by atoms with van der Waals surface area (Å²) in [6.45, 7) is 4.50. The summed E-state index contributed by atoms with van der Waals surface area (Å²) in [7, 11) is 0. The summed E-state index contributed by atoms with van der Waals surface area (Å²) in [6, 6.07) is 7.00. The molecule has 186 valence electrons. The molecule has 2 atom stereocenters. The zero-order chi connectivity index (χ0) is 25.0. The summed E-state index contributed by atoms with van der Waals surface area (Å²) in [5, 5.41) is 5.32. The molecule has 4 aromatic rings. The maximum Gasteiger partial charge on any atom is 0.433 e. The number of fused-ring (bicyclic) bond motifs is 1. The van der Waals surface area contributed by atoms with E-state index in [0.29, 0.717) is 23.9 Å². The van der Waals surface area contributed by atoms with Crippen LogP contribution in [0.4, 0.5) is 13.2 Å². The van der Waals surface area contributed by atoms with Crippen LogP contribution in [-0.2, 0) is 10.9 Å². The molecule has 36 heavy (non-hydrogen) atoms. The zero-order valence-electron chi connectivity index (χ0n) is 20.1. The van der Waals surface area contributed by atoms with Crippen LogP contribution in [0.2, 0.25) is 0 Å². The highest BCUT2D eigenvalue weighted by Crippen LogP contribution is 2.41. The van der Waals surface area contributed by atoms with Crippen LogP contribution >= 0.6 is 0 Å². The lowest BCUT2D eigenvalue weighted by Gasteiger charge is -2.29. The first-order valence-electron chi connectivity index (χ1n) is 12.2. The van der Waals surface area contributed by atoms with Crippen molar-refractivity contribution in [1.82, 2.24) is 24.7 Å². The summed E-state index contributed by atoms with van der Waals surface area (Å²) in [5.74, 6) is 0.127. The van der Waals surface area contributed by atoms with Gasteiger partial charge in [-0.25, -0.2) is 9.97 Å². The number of hydrogen-bond acceptors (Lipinski definition) is 5. The van der Waals surface area contributed by atoms with Gasteiger partial charge in [-0.05, 0) is 68.9 Å². The van der Waals surface area contributed by atoms with E-state index in [1.165, 1.54) is 25.1 Å². The van der Waals surface area contributed by atoms with Crippen LogP contribution in [0.25, 0.3) is 22.2 Å². The molecule has 1 saturated heterocycles. The molecule has 1 aliphatic carbocycles. The van der Waals surface area contributed by atoms with Crippen molar-refractivity contribution in [3.63, 3.8) is 0 Å². The standard InChI is InChI=1S/C27H26F3N5O/c1-15-9-22-21(18-3-6-25(31-12-18)27(28,29)30)11-23(34-26(22)33-16(15)2)17-7-8-36-24(10-17)19-13-32-35(14-19)20-4-5-20/h3,6,9,11-14,17,20,24H,4-5,7-8,10H2,1-2H3. The molecule has 0 amide bonds. The van der Waals surface area contributed by atoms with Gasteiger partial charge in [0.25, 0.3) is 0 Å². The molecule has 1 aliphatic heterocycles. The predicted molar refractivity (Wildman–Crippen MR) is 128 cm³/mol. The Labute approximate surface area is 206 Å². The molecule has 0 aromatic carbocycles. The first kappa shape index (κ1) is 23.1. The lowest BCUT2D eigenvalue weighted by atomic mass is 9.88. The molecular formula is C27H26F3N5O. The van der Waals surface area contributed by atoms with Gasteiger partial charge in [0.2, 0.25) is 0 Å². The van der Waals surface area contributed by atoms with Crippen LogP contribution in [0.5, 0.6) is 0 Å².